The number of anilines is 1. The highest BCUT2D eigenvalue weighted by molar-refractivity contribution is 8.02. The molecule has 1 spiro atoms. The number of para-hydroxylation sites is 1. The first-order valence-electron chi connectivity index (χ1n) is 13.8. The molecule has 4 aliphatic heterocycles. The minimum atomic E-state index is -0.883. The van der Waals surface area contributed by atoms with E-state index in [1.165, 1.54) is 0 Å². The van der Waals surface area contributed by atoms with Gasteiger partial charge in [0.2, 0.25) is 11.8 Å². The Bertz CT molecular complexity index is 1180. The van der Waals surface area contributed by atoms with Gasteiger partial charge in [-0.3, -0.25) is 14.4 Å². The van der Waals surface area contributed by atoms with Crippen molar-refractivity contribution >= 4 is 35.2 Å². The number of nitrogens with zero attached hydrogens (tertiary/aromatic N) is 3. The first kappa shape index (κ1) is 27.0. The quantitative estimate of drug-likeness (QED) is 0.563. The second-order valence-corrected chi connectivity index (χ2v) is 12.9. The van der Waals surface area contributed by atoms with Crippen LogP contribution in [0, 0.1) is 31.6 Å². The molecule has 1 unspecified atom stereocenters. The monoisotopic (exact) mass is 537 g/mol. The summed E-state index contributed by atoms with van der Waals surface area (Å²) < 4.78 is -0.883. The van der Waals surface area contributed by atoms with Crippen LogP contribution in [0.1, 0.15) is 38.3 Å². The van der Waals surface area contributed by atoms with Crippen LogP contribution >= 0.6 is 11.8 Å². The zero-order chi connectivity index (χ0) is 27.4. The average molecular weight is 538 g/mol. The van der Waals surface area contributed by atoms with Crippen LogP contribution in [0.3, 0.4) is 0 Å². The molecule has 4 heterocycles. The summed E-state index contributed by atoms with van der Waals surface area (Å²) in [4.78, 5) is 48.4. The van der Waals surface area contributed by atoms with E-state index in [2.05, 4.69) is 6.08 Å². The van der Waals surface area contributed by atoms with Crippen LogP contribution in [-0.4, -0.2) is 80.9 Å². The minimum absolute atomic E-state index is 0.00743. The van der Waals surface area contributed by atoms with E-state index < -0.39 is 28.7 Å². The maximum atomic E-state index is 14.7. The lowest BCUT2D eigenvalue weighted by atomic mass is 9.78. The number of carbonyl (C=O) groups excluding carboxylic acids is 3. The smallest absolute Gasteiger partial charge is 0.251 e. The average Bonchev–Trinajstić information content (AvgIpc) is 3.19. The number of thioether (sulfide) groups is 1. The number of fused-ring (bicyclic) bond motifs is 2. The molecule has 0 aliphatic carbocycles. The lowest BCUT2D eigenvalue weighted by Gasteiger charge is -2.40. The normalized spacial score (nSPS) is 31.4. The van der Waals surface area contributed by atoms with Crippen molar-refractivity contribution in [3.8, 4) is 0 Å². The third kappa shape index (κ3) is 3.94. The van der Waals surface area contributed by atoms with Crippen LogP contribution in [0.5, 0.6) is 0 Å². The third-order valence-corrected chi connectivity index (χ3v) is 10.4. The molecule has 0 saturated carbocycles. The molecule has 1 aromatic rings. The van der Waals surface area contributed by atoms with E-state index >= 15 is 0 Å². The van der Waals surface area contributed by atoms with E-state index in [0.717, 1.165) is 23.2 Å². The number of hydrogen-bond acceptors (Lipinski definition) is 5. The molecule has 38 heavy (non-hydrogen) atoms. The van der Waals surface area contributed by atoms with Crippen molar-refractivity contribution in [3.63, 3.8) is 0 Å². The van der Waals surface area contributed by atoms with E-state index in [1.807, 2.05) is 75.9 Å². The third-order valence-electron chi connectivity index (χ3n) is 8.70. The van der Waals surface area contributed by atoms with E-state index in [0.29, 0.717) is 19.6 Å². The Morgan fingerprint density at radius 1 is 1.05 bits per heavy atom. The van der Waals surface area contributed by atoms with Crippen LogP contribution in [0.2, 0.25) is 0 Å². The molecule has 0 bridgehead atoms. The van der Waals surface area contributed by atoms with Gasteiger partial charge < -0.3 is 19.8 Å². The highest BCUT2D eigenvalue weighted by Crippen LogP contribution is 2.61. The molecular weight excluding hydrogens is 498 g/mol. The summed E-state index contributed by atoms with van der Waals surface area (Å²) >= 11 is 1.59. The van der Waals surface area contributed by atoms with Crippen LogP contribution in [-0.2, 0) is 14.4 Å². The van der Waals surface area contributed by atoms with Crippen LogP contribution in [0.4, 0.5) is 5.69 Å². The van der Waals surface area contributed by atoms with Crippen molar-refractivity contribution in [1.29, 1.82) is 0 Å². The fourth-order valence-electron chi connectivity index (χ4n) is 7.01. The second-order valence-electron chi connectivity index (χ2n) is 11.4. The zero-order valence-corrected chi connectivity index (χ0v) is 23.8. The van der Waals surface area contributed by atoms with Gasteiger partial charge in [0.25, 0.3) is 5.91 Å². The van der Waals surface area contributed by atoms with Crippen molar-refractivity contribution < 1.29 is 19.5 Å². The SMILES string of the molecule is CCCN1CC=C[C@@H]2S[C@]34C=CCN(c5c(C)cccc5C)C(=O)C3N([C@@H](CO)C(C)C)C(=O)[C@@H]4[C@@H]2C1=O. The van der Waals surface area contributed by atoms with Crippen LogP contribution in [0.25, 0.3) is 0 Å². The Kier molecular flexibility index (Phi) is 7.24. The van der Waals surface area contributed by atoms with Gasteiger partial charge in [0, 0.05) is 30.6 Å². The van der Waals surface area contributed by atoms with Crippen molar-refractivity contribution in [2.45, 2.75) is 63.1 Å². The van der Waals surface area contributed by atoms with Crippen LogP contribution < -0.4 is 4.90 Å². The molecule has 2 fully saturated rings. The Labute approximate surface area is 229 Å². The van der Waals surface area contributed by atoms with E-state index in [1.54, 1.807) is 21.6 Å². The molecule has 1 aromatic carbocycles. The Morgan fingerprint density at radius 3 is 2.39 bits per heavy atom. The molecule has 7 nitrogen and oxygen atoms in total. The predicted octanol–water partition coefficient (Wildman–Crippen LogP) is 3.33. The zero-order valence-electron chi connectivity index (χ0n) is 23.0. The second kappa shape index (κ2) is 10.2. The fourth-order valence-corrected chi connectivity index (χ4v) is 9.00. The first-order valence-corrected chi connectivity index (χ1v) is 14.7. The lowest BCUT2D eigenvalue weighted by Crippen LogP contribution is -2.58. The number of likely N-dealkylation sites (tertiary alicyclic amines) is 1. The van der Waals surface area contributed by atoms with Gasteiger partial charge in [-0.05, 0) is 37.3 Å². The number of aryl methyl sites for hydroxylation is 2. The van der Waals surface area contributed by atoms with Crippen molar-refractivity contribution in [2.75, 3.05) is 31.1 Å². The largest absolute Gasteiger partial charge is 0.394 e. The van der Waals surface area contributed by atoms with Gasteiger partial charge in [0.15, 0.2) is 0 Å². The van der Waals surface area contributed by atoms with Gasteiger partial charge >= 0.3 is 0 Å². The number of rotatable bonds is 6. The molecule has 3 amide bonds. The van der Waals surface area contributed by atoms with E-state index in [-0.39, 0.29) is 35.5 Å². The number of hydrogen-bond donors (Lipinski definition) is 1. The van der Waals surface area contributed by atoms with E-state index in [4.69, 9.17) is 0 Å². The Balaban J connectivity index is 1.67. The fraction of sp³-hybridized carbons (Fsp3) is 0.567. The van der Waals surface area contributed by atoms with Gasteiger partial charge in [-0.15, -0.1) is 11.8 Å². The highest BCUT2D eigenvalue weighted by Gasteiger charge is 2.72. The molecule has 0 aromatic heterocycles. The maximum absolute atomic E-state index is 14.7. The highest BCUT2D eigenvalue weighted by atomic mass is 32.2. The predicted molar refractivity (Wildman–Crippen MR) is 151 cm³/mol. The summed E-state index contributed by atoms with van der Waals surface area (Å²) in [6.07, 6.45) is 9.00. The molecule has 4 aliphatic rings. The Morgan fingerprint density at radius 2 is 1.76 bits per heavy atom. The lowest BCUT2D eigenvalue weighted by molar-refractivity contribution is -0.145. The number of aliphatic hydroxyl groups excluding tert-OH is 1. The maximum Gasteiger partial charge on any atom is 0.251 e. The van der Waals surface area contributed by atoms with Crippen molar-refractivity contribution in [3.05, 3.63) is 53.6 Å². The van der Waals surface area contributed by atoms with E-state index in [9.17, 15) is 19.5 Å². The standard InChI is InChI=1S/C30H39N3O4S/c1-6-14-31-15-8-12-22-23(27(31)35)24-28(36)33(21(17-34)18(2)3)26-29(37)32(16-9-13-30(24,26)38-22)25-19(4)10-7-11-20(25)5/h7-13,18,21-24,26,34H,6,14-17H2,1-5H3/t21-,22-,23+,24-,26?,30-/m0/s1. The molecule has 2 saturated heterocycles. The molecule has 204 valence electrons. The van der Waals surface area contributed by atoms with Gasteiger partial charge in [0.1, 0.15) is 6.04 Å². The van der Waals surface area contributed by atoms with Crippen LogP contribution in [0.15, 0.2) is 42.5 Å². The number of amides is 3. The molecule has 1 N–H and O–H groups in total. The number of benzene rings is 1. The molecule has 8 heteroatoms. The summed E-state index contributed by atoms with van der Waals surface area (Å²) in [6, 6.07) is 4.65. The Hall–Kier alpha value is -2.58. The number of aliphatic hydroxyl groups is 1. The number of carbonyl (C=O) groups is 3. The summed E-state index contributed by atoms with van der Waals surface area (Å²) in [7, 11) is 0. The van der Waals surface area contributed by atoms with Gasteiger partial charge in [-0.25, -0.2) is 0 Å². The van der Waals surface area contributed by atoms with Crippen molar-refractivity contribution in [1.82, 2.24) is 9.80 Å². The summed E-state index contributed by atoms with van der Waals surface area (Å²) in [5.74, 6) is -1.61. The van der Waals surface area contributed by atoms with Crippen molar-refractivity contribution in [2.24, 2.45) is 17.8 Å². The molecule has 6 atom stereocenters. The summed E-state index contributed by atoms with van der Waals surface area (Å²) in [6.45, 7) is 11.3. The summed E-state index contributed by atoms with van der Waals surface area (Å²) in [5, 5.41) is 10.3. The van der Waals surface area contributed by atoms with Gasteiger partial charge in [-0.1, -0.05) is 63.3 Å². The van der Waals surface area contributed by atoms with Gasteiger partial charge in [-0.2, -0.15) is 0 Å². The molecular formula is C30H39N3O4S. The summed E-state index contributed by atoms with van der Waals surface area (Å²) in [5.41, 5.74) is 2.85. The van der Waals surface area contributed by atoms with Gasteiger partial charge in [0.05, 0.1) is 29.2 Å². The first-order chi connectivity index (χ1) is 18.2. The minimum Gasteiger partial charge on any atom is -0.394 e. The molecule has 5 rings (SSSR count). The topological polar surface area (TPSA) is 81.2 Å². The molecule has 0 radical (unpaired) electrons.